The number of benzene rings is 11. The van der Waals surface area contributed by atoms with Crippen LogP contribution in [0.5, 0.6) is 0 Å². The van der Waals surface area contributed by atoms with Crippen molar-refractivity contribution in [2.45, 2.75) is 0 Å². The van der Waals surface area contributed by atoms with Crippen molar-refractivity contribution in [1.29, 1.82) is 0 Å². The zero-order valence-corrected chi connectivity index (χ0v) is 29.6. The van der Waals surface area contributed by atoms with E-state index in [1.54, 1.807) is 0 Å². The summed E-state index contributed by atoms with van der Waals surface area (Å²) in [6.45, 7) is 0. The normalized spacial score (nSPS) is 11.7. The molecule has 11 aromatic carbocycles. The van der Waals surface area contributed by atoms with Crippen molar-refractivity contribution in [2.24, 2.45) is 0 Å². The van der Waals surface area contributed by atoms with Crippen molar-refractivity contribution in [1.82, 2.24) is 0 Å². The first-order chi connectivity index (χ1) is 26.8. The molecule has 0 aliphatic heterocycles. The van der Waals surface area contributed by atoms with Gasteiger partial charge >= 0.3 is 0 Å². The number of hydrogen-bond donors (Lipinski definition) is 0. The van der Waals surface area contributed by atoms with E-state index in [0.29, 0.717) is 0 Å². The van der Waals surface area contributed by atoms with Gasteiger partial charge in [-0.15, -0.1) is 0 Å². The van der Waals surface area contributed by atoms with Gasteiger partial charge in [-0.2, -0.15) is 0 Å². The van der Waals surface area contributed by atoms with Crippen LogP contribution in [0.2, 0.25) is 0 Å². The van der Waals surface area contributed by atoms with Crippen molar-refractivity contribution in [3.63, 3.8) is 0 Å². The van der Waals surface area contributed by atoms with Gasteiger partial charge in [-0.25, -0.2) is 0 Å². The van der Waals surface area contributed by atoms with Gasteiger partial charge in [-0.05, 0) is 127 Å². The summed E-state index contributed by atoms with van der Waals surface area (Å²) in [5.41, 5.74) is 10.1. The first-order valence-corrected chi connectivity index (χ1v) is 18.8. The highest BCUT2D eigenvalue weighted by Gasteiger charge is 2.20. The summed E-state index contributed by atoms with van der Waals surface area (Å²) in [6, 6.07) is 76.1. The Hall–Kier alpha value is -7.02. The highest BCUT2D eigenvalue weighted by atomic mass is 14.2. The molecule has 11 rings (SSSR count). The minimum absolute atomic E-state index is 1.23. The standard InChI is InChI=1S/C54H34/c1-2-15-36(16-3-1)41-30-31-50(43-19-7-6-18-42(41)43)54-48-24-12-10-22-46(48)53(47-23-11-13-25-49(47)54)40-29-28-39-33-51(44-20-8-9-21-45(44)52(39)34-40)38-27-26-35-14-4-5-17-37(35)32-38/h1-34H. The van der Waals surface area contributed by atoms with E-state index in [1.807, 2.05) is 0 Å². The van der Waals surface area contributed by atoms with Crippen LogP contribution in [0.4, 0.5) is 0 Å². The molecule has 54 heavy (non-hydrogen) atoms. The lowest BCUT2D eigenvalue weighted by Crippen LogP contribution is -1.93. The van der Waals surface area contributed by atoms with Crippen LogP contribution < -0.4 is 0 Å². The third kappa shape index (κ3) is 4.78. The predicted octanol–water partition coefficient (Wildman–Crippen LogP) is 15.3. The summed E-state index contributed by atoms with van der Waals surface area (Å²) < 4.78 is 0. The Kier molecular flexibility index (Phi) is 6.97. The molecular weight excluding hydrogens is 649 g/mol. The second-order valence-electron chi connectivity index (χ2n) is 14.4. The van der Waals surface area contributed by atoms with Crippen molar-refractivity contribution < 1.29 is 0 Å². The Bertz CT molecular complexity index is 3200. The summed E-state index contributed by atoms with van der Waals surface area (Å²) in [7, 11) is 0. The van der Waals surface area contributed by atoms with Gasteiger partial charge in [0.2, 0.25) is 0 Å². The van der Waals surface area contributed by atoms with E-state index in [1.165, 1.54) is 109 Å². The fraction of sp³-hybridized carbons (Fsp3) is 0. The zero-order chi connectivity index (χ0) is 35.6. The van der Waals surface area contributed by atoms with Gasteiger partial charge in [0.15, 0.2) is 0 Å². The molecular formula is C54H34. The van der Waals surface area contributed by atoms with Crippen LogP contribution in [0.15, 0.2) is 206 Å². The summed E-state index contributed by atoms with van der Waals surface area (Å²) in [5, 5.41) is 15.2. The second kappa shape index (κ2) is 12.3. The quantitative estimate of drug-likeness (QED) is 0.128. The van der Waals surface area contributed by atoms with Crippen LogP contribution in [0.25, 0.3) is 109 Å². The van der Waals surface area contributed by atoms with Gasteiger partial charge in [0.25, 0.3) is 0 Å². The molecule has 0 saturated heterocycles. The van der Waals surface area contributed by atoms with Crippen molar-refractivity contribution in [3.8, 4) is 44.5 Å². The maximum Gasteiger partial charge on any atom is -0.00201 e. The summed E-state index contributed by atoms with van der Waals surface area (Å²) in [5.74, 6) is 0. The molecule has 0 heteroatoms. The number of hydrogen-bond acceptors (Lipinski definition) is 0. The van der Waals surface area contributed by atoms with Gasteiger partial charge in [-0.3, -0.25) is 0 Å². The van der Waals surface area contributed by atoms with Gasteiger partial charge in [0.1, 0.15) is 0 Å². The lowest BCUT2D eigenvalue weighted by Gasteiger charge is -2.20. The molecule has 11 aromatic rings. The highest BCUT2D eigenvalue weighted by molar-refractivity contribution is 6.25. The molecule has 0 aromatic heterocycles. The molecule has 0 unspecified atom stereocenters. The first kappa shape index (κ1) is 30.6. The van der Waals surface area contributed by atoms with E-state index in [0.717, 1.165) is 0 Å². The molecule has 0 nitrogen and oxygen atoms in total. The largest absolute Gasteiger partial charge is 0.0622 e. The molecule has 0 N–H and O–H groups in total. The summed E-state index contributed by atoms with van der Waals surface area (Å²) >= 11 is 0. The van der Waals surface area contributed by atoms with E-state index >= 15 is 0 Å². The average Bonchev–Trinajstić information content (AvgIpc) is 3.25. The molecule has 0 radical (unpaired) electrons. The second-order valence-corrected chi connectivity index (χ2v) is 14.4. The molecule has 0 aliphatic rings. The maximum atomic E-state index is 2.43. The van der Waals surface area contributed by atoms with E-state index in [-0.39, 0.29) is 0 Å². The lowest BCUT2D eigenvalue weighted by atomic mass is 9.83. The van der Waals surface area contributed by atoms with Crippen LogP contribution in [-0.2, 0) is 0 Å². The zero-order valence-electron chi connectivity index (χ0n) is 29.6. The highest BCUT2D eigenvalue weighted by Crippen LogP contribution is 2.47. The van der Waals surface area contributed by atoms with Crippen LogP contribution >= 0.6 is 0 Å². The Morgan fingerprint density at radius 3 is 1.35 bits per heavy atom. The SMILES string of the molecule is c1ccc(-c2ccc(-c3c4ccccc4c(-c4ccc5cc(-c6ccc7ccccc7c6)c6ccccc6c5c4)c4ccccc34)c3ccccc23)cc1. The Labute approximate surface area is 314 Å². The van der Waals surface area contributed by atoms with Gasteiger partial charge in [0.05, 0.1) is 0 Å². The lowest BCUT2D eigenvalue weighted by molar-refractivity contribution is 1.64. The molecule has 0 aliphatic carbocycles. The fourth-order valence-corrected chi connectivity index (χ4v) is 8.97. The fourth-order valence-electron chi connectivity index (χ4n) is 8.97. The van der Waals surface area contributed by atoms with E-state index in [2.05, 4.69) is 206 Å². The van der Waals surface area contributed by atoms with Crippen LogP contribution in [0.1, 0.15) is 0 Å². The molecule has 250 valence electrons. The third-order valence-electron chi connectivity index (χ3n) is 11.4. The van der Waals surface area contributed by atoms with E-state index in [4.69, 9.17) is 0 Å². The molecule has 0 atom stereocenters. The van der Waals surface area contributed by atoms with Crippen molar-refractivity contribution in [3.05, 3.63) is 206 Å². The average molecular weight is 683 g/mol. The molecule has 0 fully saturated rings. The monoisotopic (exact) mass is 682 g/mol. The number of rotatable bonds is 4. The van der Waals surface area contributed by atoms with Crippen LogP contribution in [0.3, 0.4) is 0 Å². The Morgan fingerprint density at radius 2 is 0.667 bits per heavy atom. The minimum atomic E-state index is 1.23. The van der Waals surface area contributed by atoms with Gasteiger partial charge in [-0.1, -0.05) is 188 Å². The molecule has 0 saturated carbocycles. The van der Waals surface area contributed by atoms with Gasteiger partial charge in [0, 0.05) is 0 Å². The Morgan fingerprint density at radius 1 is 0.185 bits per heavy atom. The Balaban J connectivity index is 1.16. The van der Waals surface area contributed by atoms with E-state index < -0.39 is 0 Å². The van der Waals surface area contributed by atoms with Gasteiger partial charge < -0.3 is 0 Å². The van der Waals surface area contributed by atoms with Crippen LogP contribution in [-0.4, -0.2) is 0 Å². The van der Waals surface area contributed by atoms with E-state index in [9.17, 15) is 0 Å². The molecule has 0 amide bonds. The minimum Gasteiger partial charge on any atom is -0.0622 e. The smallest absolute Gasteiger partial charge is 0.00201 e. The van der Waals surface area contributed by atoms with Crippen molar-refractivity contribution >= 4 is 64.6 Å². The third-order valence-corrected chi connectivity index (χ3v) is 11.4. The summed E-state index contributed by atoms with van der Waals surface area (Å²) in [4.78, 5) is 0. The topological polar surface area (TPSA) is 0 Å². The van der Waals surface area contributed by atoms with Crippen molar-refractivity contribution in [2.75, 3.05) is 0 Å². The molecule has 0 bridgehead atoms. The predicted molar refractivity (Wildman–Crippen MR) is 233 cm³/mol. The molecule has 0 heterocycles. The summed E-state index contributed by atoms with van der Waals surface area (Å²) in [6.07, 6.45) is 0. The maximum absolute atomic E-state index is 2.43. The molecule has 0 spiro atoms. The number of fused-ring (bicyclic) bond motifs is 7. The van der Waals surface area contributed by atoms with Crippen LogP contribution in [0, 0.1) is 0 Å². The first-order valence-electron chi connectivity index (χ1n) is 18.8.